The summed E-state index contributed by atoms with van der Waals surface area (Å²) >= 11 is 0. The van der Waals surface area contributed by atoms with Crippen LogP contribution >= 0.6 is 0 Å². The Morgan fingerprint density at radius 1 is 1.05 bits per heavy atom. The maximum absolute atomic E-state index is 15.2. The Balaban J connectivity index is 1.82. The summed E-state index contributed by atoms with van der Waals surface area (Å²) in [6.45, 7) is 0.320. The van der Waals surface area contributed by atoms with E-state index in [4.69, 9.17) is 10.5 Å². The number of hydrogen-bond acceptors (Lipinski definition) is 7. The molecule has 11 heteroatoms. The van der Waals surface area contributed by atoms with Crippen LogP contribution < -0.4 is 21.7 Å². The number of fused-ring (bicyclic) bond motifs is 2. The van der Waals surface area contributed by atoms with Gasteiger partial charge in [0.1, 0.15) is 11.3 Å². The molecule has 0 saturated heterocycles. The first-order chi connectivity index (χ1) is 18.3. The molecule has 10 nitrogen and oxygen atoms in total. The van der Waals surface area contributed by atoms with Gasteiger partial charge in [-0.15, -0.1) is 10.2 Å². The van der Waals surface area contributed by atoms with Crippen molar-refractivity contribution in [3.63, 3.8) is 0 Å². The second-order valence-electron chi connectivity index (χ2n) is 9.40. The lowest BCUT2D eigenvalue weighted by atomic mass is 9.94. The third-order valence-electron chi connectivity index (χ3n) is 6.73. The molecular formula is C27H24FN7O3. The molecule has 0 saturated carbocycles. The minimum atomic E-state index is -0.660. The molecule has 0 radical (unpaired) electrons. The minimum absolute atomic E-state index is 0.0407. The molecule has 38 heavy (non-hydrogen) atoms. The maximum atomic E-state index is 15.2. The Labute approximate surface area is 215 Å². The summed E-state index contributed by atoms with van der Waals surface area (Å²) in [6, 6.07) is 15.1. The van der Waals surface area contributed by atoms with Gasteiger partial charge in [-0.2, -0.15) is 0 Å². The molecule has 2 N–H and O–H groups in total. The van der Waals surface area contributed by atoms with Gasteiger partial charge >= 0.3 is 5.69 Å². The molecule has 6 rings (SSSR count). The summed E-state index contributed by atoms with van der Waals surface area (Å²) in [5, 5.41) is 8.00. The van der Waals surface area contributed by atoms with E-state index in [-0.39, 0.29) is 18.2 Å². The molecule has 5 aromatic rings. The van der Waals surface area contributed by atoms with Gasteiger partial charge in [0, 0.05) is 40.6 Å². The summed E-state index contributed by atoms with van der Waals surface area (Å²) in [5.41, 5.74) is 9.42. The predicted molar refractivity (Wildman–Crippen MR) is 141 cm³/mol. The van der Waals surface area contributed by atoms with Crippen molar-refractivity contribution in [1.29, 1.82) is 0 Å². The summed E-state index contributed by atoms with van der Waals surface area (Å²) in [6.07, 6.45) is 0. The zero-order valence-electron chi connectivity index (χ0n) is 21.0. The highest BCUT2D eigenvalue weighted by molar-refractivity contribution is 5.92. The number of aromatic nitrogens is 5. The van der Waals surface area contributed by atoms with Crippen LogP contribution in [0.25, 0.3) is 33.7 Å². The first kappa shape index (κ1) is 23.6. The molecule has 4 heterocycles. The van der Waals surface area contributed by atoms with Gasteiger partial charge in [0.2, 0.25) is 5.88 Å². The number of nitrogens with two attached hydrogens (primary N) is 1. The fourth-order valence-electron chi connectivity index (χ4n) is 5.11. The van der Waals surface area contributed by atoms with Crippen LogP contribution in [0.3, 0.4) is 0 Å². The van der Waals surface area contributed by atoms with Crippen molar-refractivity contribution >= 4 is 11.2 Å². The molecule has 0 fully saturated rings. The van der Waals surface area contributed by atoms with Crippen LogP contribution in [0.1, 0.15) is 11.1 Å². The Bertz CT molecular complexity index is 1840. The number of halogens is 1. The second-order valence-corrected chi connectivity index (χ2v) is 9.40. The van der Waals surface area contributed by atoms with Gasteiger partial charge in [-0.1, -0.05) is 24.3 Å². The lowest BCUT2D eigenvalue weighted by Crippen LogP contribution is -2.44. The summed E-state index contributed by atoms with van der Waals surface area (Å²) in [7, 11) is 5.24. The van der Waals surface area contributed by atoms with E-state index in [0.29, 0.717) is 40.1 Å². The summed E-state index contributed by atoms with van der Waals surface area (Å²) < 4.78 is 24.3. The van der Waals surface area contributed by atoms with Crippen LogP contribution in [0.15, 0.2) is 64.2 Å². The molecular weight excluding hydrogens is 489 g/mol. The van der Waals surface area contributed by atoms with Crippen LogP contribution in [0, 0.1) is 5.82 Å². The molecule has 1 aliphatic rings. The van der Waals surface area contributed by atoms with Gasteiger partial charge < -0.3 is 15.4 Å². The number of methoxy groups -OCH3 is 1. The molecule has 0 aliphatic carbocycles. The van der Waals surface area contributed by atoms with E-state index < -0.39 is 17.1 Å². The van der Waals surface area contributed by atoms with E-state index in [1.54, 1.807) is 22.7 Å². The van der Waals surface area contributed by atoms with E-state index in [0.717, 1.165) is 15.7 Å². The van der Waals surface area contributed by atoms with Gasteiger partial charge in [-0.25, -0.2) is 22.9 Å². The average Bonchev–Trinajstić information content (AvgIpc) is 3.23. The van der Waals surface area contributed by atoms with Gasteiger partial charge in [0.15, 0.2) is 5.82 Å². The average molecular weight is 514 g/mol. The molecule has 0 atom stereocenters. The zero-order chi connectivity index (χ0) is 26.7. The molecule has 0 spiro atoms. The van der Waals surface area contributed by atoms with E-state index in [1.807, 2.05) is 37.2 Å². The highest BCUT2D eigenvalue weighted by Crippen LogP contribution is 2.42. The van der Waals surface area contributed by atoms with Crippen LogP contribution in [0.4, 0.5) is 10.1 Å². The van der Waals surface area contributed by atoms with E-state index >= 15 is 4.39 Å². The van der Waals surface area contributed by atoms with Gasteiger partial charge in [-0.05, 0) is 43.9 Å². The predicted octanol–water partition coefficient (Wildman–Crippen LogP) is 2.53. The fourth-order valence-corrected chi connectivity index (χ4v) is 5.11. The number of nitrogens with zero attached hydrogens (tertiary/aromatic N) is 6. The van der Waals surface area contributed by atoms with E-state index in [9.17, 15) is 9.59 Å². The van der Waals surface area contributed by atoms with Crippen molar-refractivity contribution in [1.82, 2.24) is 28.9 Å². The third kappa shape index (κ3) is 3.43. The van der Waals surface area contributed by atoms with Gasteiger partial charge in [0.05, 0.1) is 19.3 Å². The van der Waals surface area contributed by atoms with Crippen molar-refractivity contribution in [2.24, 2.45) is 0 Å². The van der Waals surface area contributed by atoms with Gasteiger partial charge in [-0.3, -0.25) is 4.79 Å². The number of rotatable bonds is 5. The highest BCUT2D eigenvalue weighted by Gasteiger charge is 2.33. The van der Waals surface area contributed by atoms with Crippen molar-refractivity contribution in [3.8, 4) is 34.1 Å². The highest BCUT2D eigenvalue weighted by atomic mass is 19.1. The molecule has 0 amide bonds. The molecule has 192 valence electrons. The molecule has 0 bridgehead atoms. The molecule has 2 aromatic carbocycles. The first-order valence-corrected chi connectivity index (χ1v) is 11.9. The number of benzene rings is 2. The Kier molecular flexibility index (Phi) is 5.39. The molecule has 0 unspecified atom stereocenters. The van der Waals surface area contributed by atoms with Crippen LogP contribution in [-0.4, -0.2) is 50.1 Å². The van der Waals surface area contributed by atoms with E-state index in [1.165, 1.54) is 30.0 Å². The van der Waals surface area contributed by atoms with Crippen molar-refractivity contribution in [3.05, 3.63) is 92.4 Å². The SMILES string of the molecule is COc1ccc(-n2c(=O)c3c(CN(C)C)c(-c4ccc(N)cc4)c4n3n(c2=O)Cc2c(F)cccc2-4)nn1. The van der Waals surface area contributed by atoms with Gasteiger partial charge in [0.25, 0.3) is 5.56 Å². The quantitative estimate of drug-likeness (QED) is 0.353. The minimum Gasteiger partial charge on any atom is -0.480 e. The smallest absolute Gasteiger partial charge is 0.352 e. The standard InChI is InChI=1S/C27H24FN7O3/c1-32(2)13-19-23(15-7-9-16(29)10-8-15)24-17-5-4-6-20(28)18(17)14-33-27(37)34(26(36)25(19)35(24)33)21-11-12-22(38-3)31-30-21/h4-12H,13-14,29H2,1-3H3. The van der Waals surface area contributed by atoms with Crippen molar-refractivity contribution < 1.29 is 9.13 Å². The fraction of sp³-hybridized carbons (Fsp3) is 0.185. The lowest BCUT2D eigenvalue weighted by molar-refractivity contribution is 0.391. The van der Waals surface area contributed by atoms with Crippen molar-refractivity contribution in [2.45, 2.75) is 13.1 Å². The molecule has 3 aromatic heterocycles. The Hall–Kier alpha value is -4.77. The van der Waals surface area contributed by atoms with Crippen LogP contribution in [-0.2, 0) is 13.1 Å². The van der Waals surface area contributed by atoms with Crippen LogP contribution in [0.5, 0.6) is 5.88 Å². The number of nitrogen functional groups attached to an aromatic ring is 1. The summed E-state index contributed by atoms with van der Waals surface area (Å²) in [5.74, 6) is -0.155. The first-order valence-electron chi connectivity index (χ1n) is 11.9. The third-order valence-corrected chi connectivity index (χ3v) is 6.73. The summed E-state index contributed by atoms with van der Waals surface area (Å²) in [4.78, 5) is 30.0. The lowest BCUT2D eigenvalue weighted by Gasteiger charge is -2.23. The Morgan fingerprint density at radius 2 is 1.82 bits per heavy atom. The van der Waals surface area contributed by atoms with Crippen molar-refractivity contribution in [2.75, 3.05) is 26.9 Å². The number of hydrogen-bond donors (Lipinski definition) is 1. The topological polar surface area (TPSA) is 113 Å². The maximum Gasteiger partial charge on any atom is 0.352 e. The second kappa shape index (κ2) is 8.67. The van der Waals surface area contributed by atoms with E-state index in [2.05, 4.69) is 10.2 Å². The van der Waals surface area contributed by atoms with Crippen LogP contribution in [0.2, 0.25) is 0 Å². The Morgan fingerprint density at radius 3 is 2.47 bits per heavy atom. The molecule has 1 aliphatic heterocycles. The normalized spacial score (nSPS) is 12.2. The zero-order valence-corrected chi connectivity index (χ0v) is 21.0. The monoisotopic (exact) mass is 513 g/mol. The number of ether oxygens (including phenoxy) is 1. The largest absolute Gasteiger partial charge is 0.480 e. The number of anilines is 1.